The van der Waals surface area contributed by atoms with Crippen LogP contribution in [0.15, 0.2) is 18.3 Å². The van der Waals surface area contributed by atoms with E-state index in [1.165, 1.54) is 0 Å². The van der Waals surface area contributed by atoms with E-state index >= 15 is 0 Å². The highest BCUT2D eigenvalue weighted by Crippen LogP contribution is 2.11. The maximum atomic E-state index is 12.2. The minimum atomic E-state index is -0.0738. The molecule has 0 aliphatic heterocycles. The number of aromatic nitrogens is 1. The van der Waals surface area contributed by atoms with Crippen LogP contribution in [-0.2, 0) is 0 Å². The molecule has 0 saturated heterocycles. The van der Waals surface area contributed by atoms with E-state index in [1.807, 2.05) is 27.9 Å². The molecule has 1 heterocycles. The Hall–Kier alpha value is -1.62. The molecule has 5 heteroatoms. The summed E-state index contributed by atoms with van der Waals surface area (Å²) in [5, 5.41) is 6.11. The summed E-state index contributed by atoms with van der Waals surface area (Å²) < 4.78 is 0. The topological polar surface area (TPSA) is 57.3 Å². The largest absolute Gasteiger partial charge is 0.370 e. The molecule has 1 rings (SSSR count). The van der Waals surface area contributed by atoms with Crippen molar-refractivity contribution < 1.29 is 4.79 Å². The van der Waals surface area contributed by atoms with Crippen molar-refractivity contribution in [1.82, 2.24) is 15.2 Å². The van der Waals surface area contributed by atoms with E-state index in [4.69, 9.17) is 0 Å². The Morgan fingerprint density at radius 1 is 1.47 bits per heavy atom. The highest BCUT2D eigenvalue weighted by molar-refractivity contribution is 5.98. The Labute approximate surface area is 115 Å². The predicted molar refractivity (Wildman–Crippen MR) is 78.5 cm³/mol. The van der Waals surface area contributed by atoms with Gasteiger partial charge in [0.15, 0.2) is 0 Å². The van der Waals surface area contributed by atoms with Crippen LogP contribution in [-0.4, -0.2) is 49.0 Å². The first-order valence-corrected chi connectivity index (χ1v) is 6.69. The molecular formula is C14H24N4O. The van der Waals surface area contributed by atoms with Gasteiger partial charge in [-0.1, -0.05) is 0 Å². The van der Waals surface area contributed by atoms with E-state index in [2.05, 4.69) is 20.5 Å². The van der Waals surface area contributed by atoms with Gasteiger partial charge in [-0.15, -0.1) is 0 Å². The smallest absolute Gasteiger partial charge is 0.255 e. The first-order chi connectivity index (χ1) is 9.04. The molecule has 1 unspecified atom stereocenters. The monoisotopic (exact) mass is 264 g/mol. The van der Waals surface area contributed by atoms with Gasteiger partial charge >= 0.3 is 0 Å². The van der Waals surface area contributed by atoms with Gasteiger partial charge in [-0.3, -0.25) is 4.79 Å². The second kappa shape index (κ2) is 7.74. The van der Waals surface area contributed by atoms with Crippen molar-refractivity contribution >= 4 is 11.7 Å². The third-order valence-corrected chi connectivity index (χ3v) is 2.78. The summed E-state index contributed by atoms with van der Waals surface area (Å²) >= 11 is 0. The van der Waals surface area contributed by atoms with Crippen molar-refractivity contribution in [1.29, 1.82) is 0 Å². The lowest BCUT2D eigenvalue weighted by Gasteiger charge is -2.17. The SMILES string of the molecule is CCNc1ncccc1C(=O)NC(C)CCN(C)C. The number of rotatable bonds is 7. The molecule has 0 aromatic carbocycles. The molecular weight excluding hydrogens is 240 g/mol. The van der Waals surface area contributed by atoms with Gasteiger partial charge in [0.2, 0.25) is 0 Å². The summed E-state index contributed by atoms with van der Waals surface area (Å²) in [6.45, 7) is 5.70. The molecule has 5 nitrogen and oxygen atoms in total. The van der Waals surface area contributed by atoms with Gasteiger partial charge in [-0.05, 0) is 53.0 Å². The lowest BCUT2D eigenvalue weighted by Crippen LogP contribution is -2.35. The number of amides is 1. The minimum Gasteiger partial charge on any atom is -0.370 e. The van der Waals surface area contributed by atoms with Gasteiger partial charge in [-0.25, -0.2) is 4.98 Å². The zero-order valence-electron chi connectivity index (χ0n) is 12.2. The molecule has 0 aliphatic rings. The van der Waals surface area contributed by atoms with Gasteiger partial charge in [0.05, 0.1) is 5.56 Å². The van der Waals surface area contributed by atoms with E-state index in [1.54, 1.807) is 18.3 Å². The molecule has 1 aromatic heterocycles. The Morgan fingerprint density at radius 2 is 2.21 bits per heavy atom. The van der Waals surface area contributed by atoms with Crippen LogP contribution in [0, 0.1) is 0 Å². The third-order valence-electron chi connectivity index (χ3n) is 2.78. The molecule has 0 spiro atoms. The fourth-order valence-electron chi connectivity index (χ4n) is 1.72. The molecule has 106 valence electrons. The van der Waals surface area contributed by atoms with Crippen LogP contribution < -0.4 is 10.6 Å². The zero-order chi connectivity index (χ0) is 14.3. The van der Waals surface area contributed by atoms with E-state index < -0.39 is 0 Å². The predicted octanol–water partition coefficient (Wildman–Crippen LogP) is 1.58. The van der Waals surface area contributed by atoms with Gasteiger partial charge in [-0.2, -0.15) is 0 Å². The molecule has 2 N–H and O–H groups in total. The zero-order valence-corrected chi connectivity index (χ0v) is 12.2. The van der Waals surface area contributed by atoms with E-state index in [0.29, 0.717) is 11.4 Å². The molecule has 0 saturated carbocycles. The summed E-state index contributed by atoms with van der Waals surface area (Å²) in [5.41, 5.74) is 0.598. The fraction of sp³-hybridized carbons (Fsp3) is 0.571. The molecule has 1 atom stereocenters. The Bertz CT molecular complexity index is 406. The number of carbonyl (C=O) groups excluding carboxylic acids is 1. The summed E-state index contributed by atoms with van der Waals surface area (Å²) in [4.78, 5) is 18.5. The molecule has 0 fully saturated rings. The number of hydrogen-bond acceptors (Lipinski definition) is 4. The van der Waals surface area contributed by atoms with Gasteiger partial charge in [0.1, 0.15) is 5.82 Å². The highest BCUT2D eigenvalue weighted by Gasteiger charge is 2.14. The number of carbonyl (C=O) groups is 1. The second-order valence-electron chi connectivity index (χ2n) is 4.90. The van der Waals surface area contributed by atoms with E-state index in [-0.39, 0.29) is 11.9 Å². The van der Waals surface area contributed by atoms with Crippen LogP contribution in [0.25, 0.3) is 0 Å². The van der Waals surface area contributed by atoms with Gasteiger partial charge in [0, 0.05) is 18.8 Å². The van der Waals surface area contributed by atoms with Crippen molar-refractivity contribution in [2.75, 3.05) is 32.5 Å². The molecule has 1 amide bonds. The van der Waals surface area contributed by atoms with Crippen molar-refractivity contribution in [3.8, 4) is 0 Å². The number of anilines is 1. The lowest BCUT2D eigenvalue weighted by molar-refractivity contribution is 0.0937. The van der Waals surface area contributed by atoms with E-state index in [9.17, 15) is 4.79 Å². The molecule has 0 aliphatic carbocycles. The maximum Gasteiger partial charge on any atom is 0.255 e. The van der Waals surface area contributed by atoms with Crippen molar-refractivity contribution in [2.24, 2.45) is 0 Å². The highest BCUT2D eigenvalue weighted by atomic mass is 16.1. The molecule has 1 aromatic rings. The number of pyridine rings is 1. The Morgan fingerprint density at radius 3 is 2.84 bits per heavy atom. The van der Waals surface area contributed by atoms with E-state index in [0.717, 1.165) is 19.5 Å². The van der Waals surface area contributed by atoms with Crippen molar-refractivity contribution in [2.45, 2.75) is 26.3 Å². The molecule has 0 radical (unpaired) electrons. The van der Waals surface area contributed by atoms with Crippen LogP contribution in [0.5, 0.6) is 0 Å². The first-order valence-electron chi connectivity index (χ1n) is 6.69. The van der Waals surface area contributed by atoms with Crippen molar-refractivity contribution in [3.63, 3.8) is 0 Å². The Balaban J connectivity index is 2.62. The van der Waals surface area contributed by atoms with Gasteiger partial charge < -0.3 is 15.5 Å². The van der Waals surface area contributed by atoms with Crippen LogP contribution in [0.3, 0.4) is 0 Å². The minimum absolute atomic E-state index is 0.0738. The maximum absolute atomic E-state index is 12.2. The summed E-state index contributed by atoms with van der Waals surface area (Å²) in [6, 6.07) is 3.71. The van der Waals surface area contributed by atoms with Crippen LogP contribution in [0.2, 0.25) is 0 Å². The van der Waals surface area contributed by atoms with Crippen LogP contribution in [0.4, 0.5) is 5.82 Å². The first kappa shape index (κ1) is 15.4. The van der Waals surface area contributed by atoms with Crippen LogP contribution >= 0.6 is 0 Å². The van der Waals surface area contributed by atoms with Crippen LogP contribution in [0.1, 0.15) is 30.6 Å². The third kappa shape index (κ3) is 5.26. The summed E-state index contributed by atoms with van der Waals surface area (Å²) in [7, 11) is 4.05. The average molecular weight is 264 g/mol. The standard InChI is InChI=1S/C14H24N4O/c1-5-15-13-12(7-6-9-16-13)14(19)17-11(2)8-10-18(3)4/h6-7,9,11H,5,8,10H2,1-4H3,(H,15,16)(H,17,19). The van der Waals surface area contributed by atoms with Crippen molar-refractivity contribution in [3.05, 3.63) is 23.9 Å². The number of hydrogen-bond donors (Lipinski definition) is 2. The fourth-order valence-corrected chi connectivity index (χ4v) is 1.72. The second-order valence-corrected chi connectivity index (χ2v) is 4.90. The average Bonchev–Trinajstić information content (AvgIpc) is 2.37. The quantitative estimate of drug-likeness (QED) is 0.785. The molecule has 19 heavy (non-hydrogen) atoms. The van der Waals surface area contributed by atoms with Gasteiger partial charge in [0.25, 0.3) is 5.91 Å². The number of nitrogens with zero attached hydrogens (tertiary/aromatic N) is 2. The lowest BCUT2D eigenvalue weighted by atomic mass is 10.2. The molecule has 0 bridgehead atoms. The summed E-state index contributed by atoms with van der Waals surface area (Å²) in [6.07, 6.45) is 2.61. The normalized spacial score (nSPS) is 12.3. The number of nitrogens with one attached hydrogen (secondary N) is 2. The Kier molecular flexibility index (Phi) is 6.29. The summed E-state index contributed by atoms with van der Waals surface area (Å²) in [5.74, 6) is 0.567.